The van der Waals surface area contributed by atoms with Crippen LogP contribution in [0.4, 0.5) is 0 Å². The molecule has 7 nitrogen and oxygen atoms in total. The molecule has 29 heavy (non-hydrogen) atoms. The van der Waals surface area contributed by atoms with Crippen LogP contribution in [-0.4, -0.2) is 62.7 Å². The van der Waals surface area contributed by atoms with Crippen LogP contribution in [0.3, 0.4) is 0 Å². The second kappa shape index (κ2) is 12.1. The van der Waals surface area contributed by atoms with Gasteiger partial charge in [0.15, 0.2) is 5.96 Å². The van der Waals surface area contributed by atoms with Gasteiger partial charge in [0, 0.05) is 33.3 Å². The van der Waals surface area contributed by atoms with Gasteiger partial charge in [-0.05, 0) is 37.8 Å². The smallest absolute Gasteiger partial charge is 0.230 e. The number of amides is 1. The fourth-order valence-electron chi connectivity index (χ4n) is 3.74. The Hall–Kier alpha value is -1.71. The van der Waals surface area contributed by atoms with Crippen LogP contribution in [0, 0.1) is 5.41 Å². The maximum absolute atomic E-state index is 12.7. The number of carbonyl (C=O) groups excluding carboxylic acids is 1. The molecular formula is C21H35IN4O3. The molecule has 3 N–H and O–H groups in total. The summed E-state index contributed by atoms with van der Waals surface area (Å²) in [6, 6.07) is 5.32. The molecule has 1 fully saturated rings. The fourth-order valence-corrected chi connectivity index (χ4v) is 3.74. The van der Waals surface area contributed by atoms with Gasteiger partial charge in [0.1, 0.15) is 11.5 Å². The van der Waals surface area contributed by atoms with Gasteiger partial charge >= 0.3 is 0 Å². The first-order valence-corrected chi connectivity index (χ1v) is 10.0. The molecule has 0 atom stereocenters. The van der Waals surface area contributed by atoms with Crippen LogP contribution in [0.5, 0.6) is 11.5 Å². The topological polar surface area (TPSA) is 86.2 Å². The number of aliphatic imine (C=N–C) groups is 1. The molecule has 164 valence electrons. The number of benzene rings is 1. The zero-order chi connectivity index (χ0) is 20.6. The van der Waals surface area contributed by atoms with Crippen LogP contribution in [0.1, 0.15) is 38.2 Å². The van der Waals surface area contributed by atoms with Crippen LogP contribution < -0.4 is 15.4 Å². The number of carbonyl (C=O) groups is 1. The van der Waals surface area contributed by atoms with Crippen molar-refractivity contribution in [1.82, 2.24) is 15.5 Å². The van der Waals surface area contributed by atoms with Crippen LogP contribution in [0.15, 0.2) is 23.2 Å². The lowest BCUT2D eigenvalue weighted by Crippen LogP contribution is -2.43. The Bertz CT molecular complexity index is 689. The van der Waals surface area contributed by atoms with E-state index < -0.39 is 0 Å². The lowest BCUT2D eigenvalue weighted by atomic mass is 9.85. The first-order valence-electron chi connectivity index (χ1n) is 10.0. The van der Waals surface area contributed by atoms with E-state index in [1.807, 2.05) is 33.2 Å². The lowest BCUT2D eigenvalue weighted by Gasteiger charge is -2.29. The minimum atomic E-state index is -0.375. The maximum Gasteiger partial charge on any atom is 0.230 e. The number of aromatic hydroxyl groups is 1. The van der Waals surface area contributed by atoms with Gasteiger partial charge in [-0.3, -0.25) is 9.79 Å². The molecule has 0 aromatic heterocycles. The minimum Gasteiger partial charge on any atom is -0.508 e. The van der Waals surface area contributed by atoms with Crippen molar-refractivity contribution in [3.8, 4) is 11.5 Å². The molecule has 0 bridgehead atoms. The Morgan fingerprint density at radius 2 is 1.97 bits per heavy atom. The highest BCUT2D eigenvalue weighted by Gasteiger charge is 2.42. The predicted octanol–water partition coefficient (Wildman–Crippen LogP) is 2.77. The number of halogens is 1. The monoisotopic (exact) mass is 518 g/mol. The highest BCUT2D eigenvalue weighted by molar-refractivity contribution is 14.0. The Morgan fingerprint density at radius 1 is 1.28 bits per heavy atom. The highest BCUT2D eigenvalue weighted by atomic mass is 127. The van der Waals surface area contributed by atoms with E-state index in [9.17, 15) is 9.90 Å². The number of rotatable bonds is 8. The second-order valence-corrected chi connectivity index (χ2v) is 7.55. The van der Waals surface area contributed by atoms with Gasteiger partial charge in [0.05, 0.1) is 19.1 Å². The third-order valence-electron chi connectivity index (χ3n) is 5.28. The summed E-state index contributed by atoms with van der Waals surface area (Å²) in [5.41, 5.74) is 0.472. The second-order valence-electron chi connectivity index (χ2n) is 7.55. The van der Waals surface area contributed by atoms with Gasteiger partial charge in [-0.15, -0.1) is 24.0 Å². The van der Waals surface area contributed by atoms with Gasteiger partial charge in [0.25, 0.3) is 0 Å². The summed E-state index contributed by atoms with van der Waals surface area (Å²) >= 11 is 0. The Kier molecular flexibility index (Phi) is 10.6. The van der Waals surface area contributed by atoms with Crippen molar-refractivity contribution < 1.29 is 14.6 Å². The summed E-state index contributed by atoms with van der Waals surface area (Å²) in [5.74, 6) is 1.74. The van der Waals surface area contributed by atoms with Crippen molar-refractivity contribution in [3.05, 3.63) is 23.8 Å². The molecule has 1 aliphatic rings. The molecule has 1 aromatic rings. The maximum atomic E-state index is 12.7. The van der Waals surface area contributed by atoms with E-state index in [-0.39, 0.29) is 41.0 Å². The number of hydrogen-bond donors (Lipinski definition) is 3. The summed E-state index contributed by atoms with van der Waals surface area (Å²) in [5, 5.41) is 16.6. The van der Waals surface area contributed by atoms with E-state index in [0.29, 0.717) is 31.2 Å². The quantitative estimate of drug-likeness (QED) is 0.280. The number of hydrogen-bond acceptors (Lipinski definition) is 4. The lowest BCUT2D eigenvalue weighted by molar-refractivity contribution is -0.138. The van der Waals surface area contributed by atoms with E-state index in [1.54, 1.807) is 18.1 Å². The van der Waals surface area contributed by atoms with Crippen molar-refractivity contribution in [1.29, 1.82) is 0 Å². The highest BCUT2D eigenvalue weighted by Crippen LogP contribution is 2.39. The predicted molar refractivity (Wildman–Crippen MR) is 127 cm³/mol. The van der Waals surface area contributed by atoms with E-state index >= 15 is 0 Å². The standard InChI is InChI=1S/C21H34N4O3.HI/c1-5-22-20(23-13-10-16-8-9-17(28-4)14-18(16)26)24-15-21(11-6-7-12-21)19(27)25(2)3;/h8-9,14,26H,5-7,10-13,15H2,1-4H3,(H2,22,23,24);1H. The molecular weight excluding hydrogens is 483 g/mol. The minimum absolute atomic E-state index is 0. The molecule has 0 radical (unpaired) electrons. The van der Waals surface area contributed by atoms with Gasteiger partial charge < -0.3 is 25.4 Å². The van der Waals surface area contributed by atoms with Gasteiger partial charge in [0.2, 0.25) is 5.91 Å². The Labute approximate surface area is 191 Å². The molecule has 0 unspecified atom stereocenters. The number of phenols is 1. The largest absolute Gasteiger partial charge is 0.508 e. The zero-order valence-corrected chi connectivity index (χ0v) is 20.3. The molecule has 8 heteroatoms. The normalized spacial score (nSPS) is 15.4. The summed E-state index contributed by atoms with van der Waals surface area (Å²) < 4.78 is 5.12. The summed E-state index contributed by atoms with van der Waals surface area (Å²) in [7, 11) is 5.21. The number of guanidine groups is 1. The van der Waals surface area contributed by atoms with Crippen molar-refractivity contribution >= 4 is 35.8 Å². The van der Waals surface area contributed by atoms with E-state index in [0.717, 1.165) is 37.8 Å². The molecule has 2 rings (SSSR count). The average molecular weight is 518 g/mol. The van der Waals surface area contributed by atoms with Gasteiger partial charge in [-0.2, -0.15) is 0 Å². The number of phenolic OH excluding ortho intramolecular Hbond substituents is 1. The average Bonchev–Trinajstić information content (AvgIpc) is 3.16. The third-order valence-corrected chi connectivity index (χ3v) is 5.28. The van der Waals surface area contributed by atoms with Crippen molar-refractivity contribution in [3.63, 3.8) is 0 Å². The van der Waals surface area contributed by atoms with Crippen LogP contribution in [0.25, 0.3) is 0 Å². The molecule has 0 spiro atoms. The molecule has 0 saturated heterocycles. The first kappa shape index (κ1) is 25.3. The van der Waals surface area contributed by atoms with Gasteiger partial charge in [-0.25, -0.2) is 0 Å². The van der Waals surface area contributed by atoms with Crippen LogP contribution in [0.2, 0.25) is 0 Å². The Balaban J connectivity index is 0.00000420. The van der Waals surface area contributed by atoms with Gasteiger partial charge in [-0.1, -0.05) is 18.9 Å². The first-order chi connectivity index (χ1) is 13.4. The Morgan fingerprint density at radius 3 is 2.52 bits per heavy atom. The molecule has 1 amide bonds. The number of nitrogens with one attached hydrogen (secondary N) is 2. The summed E-state index contributed by atoms with van der Waals surface area (Å²) in [4.78, 5) is 19.1. The van der Waals surface area contributed by atoms with Crippen LogP contribution >= 0.6 is 24.0 Å². The number of nitrogens with zero attached hydrogens (tertiary/aromatic N) is 2. The van der Waals surface area contributed by atoms with Crippen LogP contribution in [-0.2, 0) is 11.2 Å². The zero-order valence-electron chi connectivity index (χ0n) is 18.0. The number of ether oxygens (including phenoxy) is 1. The fraction of sp³-hybridized carbons (Fsp3) is 0.619. The summed E-state index contributed by atoms with van der Waals surface area (Å²) in [6.45, 7) is 3.88. The van der Waals surface area contributed by atoms with Crippen molar-refractivity contribution in [2.45, 2.75) is 39.0 Å². The molecule has 0 aliphatic heterocycles. The molecule has 1 aliphatic carbocycles. The molecule has 1 saturated carbocycles. The summed E-state index contributed by atoms with van der Waals surface area (Å²) in [6.07, 6.45) is 4.60. The van der Waals surface area contributed by atoms with E-state index in [1.165, 1.54) is 0 Å². The van der Waals surface area contributed by atoms with E-state index in [4.69, 9.17) is 9.73 Å². The van der Waals surface area contributed by atoms with Crippen molar-refractivity contribution in [2.75, 3.05) is 40.8 Å². The number of methoxy groups -OCH3 is 1. The molecule has 1 aromatic carbocycles. The molecule has 0 heterocycles. The van der Waals surface area contributed by atoms with Crippen molar-refractivity contribution in [2.24, 2.45) is 10.4 Å². The van der Waals surface area contributed by atoms with E-state index in [2.05, 4.69) is 10.6 Å². The third kappa shape index (κ3) is 6.94. The SMILES string of the molecule is CCNC(=NCC1(C(=O)N(C)C)CCCC1)NCCc1ccc(OC)cc1O.I.